The number of halogens is 2. The second-order valence-electron chi connectivity index (χ2n) is 5.13. The summed E-state index contributed by atoms with van der Waals surface area (Å²) in [6, 6.07) is 6.43. The van der Waals surface area contributed by atoms with Gasteiger partial charge in [0.25, 0.3) is 0 Å². The fourth-order valence-electron chi connectivity index (χ4n) is 2.32. The standard InChI is InChI=1S/C16H13F2N3O3S/c1-24-16(22)10-5-12(18)14(6-11(10)17)21-25(23)15-7-20-13-4-8(19)2-3-9(13)15/h2-7,20-21H,19H2,1H3. The summed E-state index contributed by atoms with van der Waals surface area (Å²) >= 11 is 0. The maximum atomic E-state index is 14.1. The molecule has 2 aromatic carbocycles. The molecule has 3 rings (SSSR count). The van der Waals surface area contributed by atoms with E-state index in [-0.39, 0.29) is 5.69 Å². The van der Waals surface area contributed by atoms with Crippen LogP contribution < -0.4 is 10.5 Å². The van der Waals surface area contributed by atoms with Crippen molar-refractivity contribution in [3.05, 3.63) is 53.7 Å². The normalized spacial score (nSPS) is 12.1. The van der Waals surface area contributed by atoms with Gasteiger partial charge in [-0.3, -0.25) is 4.72 Å². The van der Waals surface area contributed by atoms with E-state index in [1.807, 2.05) is 0 Å². The molecule has 6 nitrogen and oxygen atoms in total. The first-order valence-corrected chi connectivity index (χ1v) is 8.18. The van der Waals surface area contributed by atoms with Crippen LogP contribution in [0.3, 0.4) is 0 Å². The molecule has 1 unspecified atom stereocenters. The number of benzene rings is 2. The number of rotatable bonds is 4. The van der Waals surface area contributed by atoms with Crippen LogP contribution in [0.4, 0.5) is 20.2 Å². The van der Waals surface area contributed by atoms with Gasteiger partial charge in [-0.05, 0) is 24.3 Å². The number of nitrogens with two attached hydrogens (primary N) is 1. The number of aromatic amines is 1. The minimum absolute atomic E-state index is 0.340. The van der Waals surface area contributed by atoms with Crippen molar-refractivity contribution in [1.82, 2.24) is 4.98 Å². The predicted molar refractivity (Wildman–Crippen MR) is 90.4 cm³/mol. The van der Waals surface area contributed by atoms with Crippen LogP contribution in [0, 0.1) is 11.6 Å². The molecule has 0 fully saturated rings. The minimum atomic E-state index is -1.87. The summed E-state index contributed by atoms with van der Waals surface area (Å²) < 4.78 is 47.3. The summed E-state index contributed by atoms with van der Waals surface area (Å²) in [6.45, 7) is 0. The Kier molecular flexibility index (Phi) is 4.41. The number of H-pyrrole nitrogens is 1. The Morgan fingerprint density at radius 3 is 2.72 bits per heavy atom. The quantitative estimate of drug-likeness (QED) is 0.489. The largest absolute Gasteiger partial charge is 0.465 e. The van der Waals surface area contributed by atoms with Crippen LogP contribution >= 0.6 is 0 Å². The van der Waals surface area contributed by atoms with E-state index in [4.69, 9.17) is 5.73 Å². The van der Waals surface area contributed by atoms with Crippen molar-refractivity contribution in [3.8, 4) is 0 Å². The number of carbonyl (C=O) groups excluding carboxylic acids is 1. The Labute approximate surface area is 143 Å². The number of methoxy groups -OCH3 is 1. The monoisotopic (exact) mass is 365 g/mol. The van der Waals surface area contributed by atoms with Gasteiger partial charge in [-0.25, -0.2) is 17.8 Å². The average Bonchev–Trinajstić information content (AvgIpc) is 3.00. The summed E-state index contributed by atoms with van der Waals surface area (Å²) in [6.07, 6.45) is 1.49. The van der Waals surface area contributed by atoms with Crippen LogP contribution in [-0.2, 0) is 15.7 Å². The number of anilines is 2. The van der Waals surface area contributed by atoms with Crippen molar-refractivity contribution < 1.29 is 22.5 Å². The molecule has 25 heavy (non-hydrogen) atoms. The van der Waals surface area contributed by atoms with Crippen molar-refractivity contribution in [2.45, 2.75) is 4.90 Å². The van der Waals surface area contributed by atoms with E-state index in [1.54, 1.807) is 18.2 Å². The first-order valence-electron chi connectivity index (χ1n) is 7.03. The molecule has 1 atom stereocenters. The molecule has 0 saturated heterocycles. The molecule has 3 aromatic rings. The number of ether oxygens (including phenoxy) is 1. The summed E-state index contributed by atoms with van der Waals surface area (Å²) in [7, 11) is -0.807. The summed E-state index contributed by atoms with van der Waals surface area (Å²) in [5.74, 6) is -2.92. The van der Waals surface area contributed by atoms with Crippen LogP contribution in [0.2, 0.25) is 0 Å². The number of hydrogen-bond acceptors (Lipinski definition) is 4. The highest BCUT2D eigenvalue weighted by Gasteiger charge is 2.19. The van der Waals surface area contributed by atoms with E-state index >= 15 is 0 Å². The maximum Gasteiger partial charge on any atom is 0.340 e. The third kappa shape index (κ3) is 3.18. The topological polar surface area (TPSA) is 97.2 Å². The smallest absolute Gasteiger partial charge is 0.340 e. The molecule has 0 bridgehead atoms. The zero-order chi connectivity index (χ0) is 18.1. The maximum absolute atomic E-state index is 14.1. The van der Waals surface area contributed by atoms with E-state index in [0.29, 0.717) is 27.6 Å². The van der Waals surface area contributed by atoms with E-state index < -0.39 is 34.2 Å². The molecule has 1 heterocycles. The van der Waals surface area contributed by atoms with Gasteiger partial charge >= 0.3 is 5.97 Å². The number of esters is 1. The average molecular weight is 365 g/mol. The highest BCUT2D eigenvalue weighted by molar-refractivity contribution is 7.86. The van der Waals surface area contributed by atoms with E-state index in [1.165, 1.54) is 6.20 Å². The minimum Gasteiger partial charge on any atom is -0.465 e. The van der Waals surface area contributed by atoms with E-state index in [0.717, 1.165) is 13.2 Å². The molecule has 0 amide bonds. The number of hydrogen-bond donors (Lipinski definition) is 3. The van der Waals surface area contributed by atoms with Gasteiger partial charge in [0.2, 0.25) is 0 Å². The summed E-state index contributed by atoms with van der Waals surface area (Å²) in [5.41, 5.74) is 5.99. The highest BCUT2D eigenvalue weighted by Crippen LogP contribution is 2.26. The van der Waals surface area contributed by atoms with Gasteiger partial charge in [0.1, 0.15) is 11.6 Å². The van der Waals surface area contributed by atoms with E-state index in [2.05, 4.69) is 14.4 Å². The predicted octanol–water partition coefficient (Wildman–Crippen LogP) is 2.95. The lowest BCUT2D eigenvalue weighted by Gasteiger charge is -2.09. The Bertz CT molecular complexity index is 1000. The number of nitrogen functional groups attached to an aromatic ring is 1. The van der Waals surface area contributed by atoms with Crippen molar-refractivity contribution in [3.63, 3.8) is 0 Å². The van der Waals surface area contributed by atoms with Crippen LogP contribution in [0.1, 0.15) is 10.4 Å². The van der Waals surface area contributed by atoms with Crippen molar-refractivity contribution in [2.75, 3.05) is 17.6 Å². The highest BCUT2D eigenvalue weighted by atomic mass is 32.2. The van der Waals surface area contributed by atoms with Crippen LogP contribution in [0.25, 0.3) is 10.9 Å². The van der Waals surface area contributed by atoms with Crippen molar-refractivity contribution in [1.29, 1.82) is 0 Å². The third-order valence-electron chi connectivity index (χ3n) is 3.53. The number of carbonyl (C=O) groups is 1. The van der Waals surface area contributed by atoms with Crippen LogP contribution in [-0.4, -0.2) is 22.3 Å². The molecule has 0 aliphatic heterocycles. The van der Waals surface area contributed by atoms with Gasteiger partial charge in [-0.2, -0.15) is 0 Å². The zero-order valence-corrected chi connectivity index (χ0v) is 13.7. The molecule has 0 spiro atoms. The molecule has 0 radical (unpaired) electrons. The lowest BCUT2D eigenvalue weighted by molar-refractivity contribution is 0.0595. The van der Waals surface area contributed by atoms with Gasteiger partial charge in [0.05, 0.1) is 23.3 Å². The molecule has 9 heteroatoms. The van der Waals surface area contributed by atoms with Gasteiger partial charge in [-0.1, -0.05) is 0 Å². The molecule has 0 aliphatic rings. The fraction of sp³-hybridized carbons (Fsp3) is 0.0625. The van der Waals surface area contributed by atoms with Gasteiger partial charge in [-0.15, -0.1) is 0 Å². The number of nitrogens with one attached hydrogen (secondary N) is 2. The van der Waals surface area contributed by atoms with Crippen LogP contribution in [0.5, 0.6) is 0 Å². The van der Waals surface area contributed by atoms with E-state index in [9.17, 15) is 17.8 Å². The van der Waals surface area contributed by atoms with Gasteiger partial charge in [0.15, 0.2) is 11.0 Å². The molecule has 1 aromatic heterocycles. The lowest BCUT2D eigenvalue weighted by Crippen LogP contribution is -2.10. The number of fused-ring (bicyclic) bond motifs is 1. The second kappa shape index (κ2) is 6.52. The first kappa shape index (κ1) is 16.9. The fourth-order valence-corrected chi connectivity index (χ4v) is 3.33. The first-order chi connectivity index (χ1) is 11.9. The molecule has 0 saturated carbocycles. The Morgan fingerprint density at radius 1 is 1.24 bits per heavy atom. The zero-order valence-electron chi connectivity index (χ0n) is 12.9. The van der Waals surface area contributed by atoms with Gasteiger partial charge < -0.3 is 15.5 Å². The molecule has 4 N–H and O–H groups in total. The molecular weight excluding hydrogens is 352 g/mol. The molecular formula is C16H13F2N3O3S. The lowest BCUT2D eigenvalue weighted by atomic mass is 10.2. The van der Waals surface area contributed by atoms with Crippen molar-refractivity contribution >= 4 is 39.2 Å². The molecule has 0 aliphatic carbocycles. The Morgan fingerprint density at radius 2 is 2.00 bits per heavy atom. The summed E-state index contributed by atoms with van der Waals surface area (Å²) in [5, 5.41) is 0.632. The second-order valence-corrected chi connectivity index (χ2v) is 6.31. The molecule has 130 valence electrons. The van der Waals surface area contributed by atoms with Gasteiger partial charge in [0, 0.05) is 28.9 Å². The van der Waals surface area contributed by atoms with Crippen molar-refractivity contribution in [2.24, 2.45) is 0 Å². The number of aromatic nitrogens is 1. The Hall–Kier alpha value is -2.94. The SMILES string of the molecule is COC(=O)c1cc(F)c(NS(=O)c2c[nH]c3cc(N)ccc23)cc1F. The summed E-state index contributed by atoms with van der Waals surface area (Å²) in [4.78, 5) is 14.6. The Balaban J connectivity index is 1.92. The van der Waals surface area contributed by atoms with Crippen LogP contribution in [0.15, 0.2) is 41.4 Å². The third-order valence-corrected chi connectivity index (χ3v) is 4.67.